The van der Waals surface area contributed by atoms with Crippen LogP contribution < -0.4 is 10.6 Å². The second-order valence-corrected chi connectivity index (χ2v) is 8.18. The number of nitrogens with zero attached hydrogens (tertiary/aromatic N) is 1. The lowest BCUT2D eigenvalue weighted by molar-refractivity contribution is 0.462. The van der Waals surface area contributed by atoms with Crippen molar-refractivity contribution in [1.29, 1.82) is 0 Å². The third-order valence-corrected chi connectivity index (χ3v) is 6.47. The molecule has 0 bridgehead atoms. The van der Waals surface area contributed by atoms with Crippen LogP contribution in [0, 0.1) is 0 Å². The first kappa shape index (κ1) is 16.2. The van der Waals surface area contributed by atoms with Crippen LogP contribution in [0.1, 0.15) is 42.0 Å². The highest BCUT2D eigenvalue weighted by molar-refractivity contribution is 5.88. The fraction of sp³-hybridized carbons (Fsp3) is 0.348. The number of rotatable bonds is 3. The van der Waals surface area contributed by atoms with E-state index in [2.05, 4.69) is 57.1 Å². The number of hydrogen-bond donors (Lipinski definition) is 4. The molecule has 142 valence electrons. The van der Waals surface area contributed by atoms with Crippen LogP contribution >= 0.6 is 0 Å². The van der Waals surface area contributed by atoms with E-state index in [4.69, 9.17) is 4.98 Å². The fourth-order valence-electron chi connectivity index (χ4n) is 5.03. The zero-order chi connectivity index (χ0) is 18.5. The number of pyridine rings is 1. The second kappa shape index (κ2) is 6.38. The lowest BCUT2D eigenvalue weighted by Gasteiger charge is -2.22. The predicted octanol–water partition coefficient (Wildman–Crippen LogP) is 4.74. The first-order chi connectivity index (χ1) is 13.8. The maximum atomic E-state index is 4.81. The molecule has 1 saturated heterocycles. The molecule has 5 nitrogen and oxygen atoms in total. The lowest BCUT2D eigenvalue weighted by atomic mass is 9.90. The summed E-state index contributed by atoms with van der Waals surface area (Å²) in [6.07, 6.45) is 8.22. The maximum Gasteiger partial charge on any atom is 0.140 e. The van der Waals surface area contributed by atoms with Crippen molar-refractivity contribution in [3.05, 3.63) is 53.3 Å². The Hall–Kier alpha value is -2.79. The smallest absolute Gasteiger partial charge is 0.140 e. The van der Waals surface area contributed by atoms with Gasteiger partial charge in [0.05, 0.1) is 0 Å². The highest BCUT2D eigenvalue weighted by Crippen LogP contribution is 2.33. The van der Waals surface area contributed by atoms with Crippen molar-refractivity contribution in [2.24, 2.45) is 0 Å². The summed E-state index contributed by atoms with van der Waals surface area (Å²) in [6.45, 7) is 2.24. The molecule has 3 aromatic heterocycles. The molecule has 2 aliphatic rings. The van der Waals surface area contributed by atoms with Crippen molar-refractivity contribution >= 4 is 33.4 Å². The van der Waals surface area contributed by atoms with Gasteiger partial charge in [-0.3, -0.25) is 0 Å². The molecule has 0 radical (unpaired) electrons. The predicted molar refractivity (Wildman–Crippen MR) is 115 cm³/mol. The third-order valence-electron chi connectivity index (χ3n) is 6.47. The zero-order valence-electron chi connectivity index (χ0n) is 15.9. The molecule has 0 saturated carbocycles. The highest BCUT2D eigenvalue weighted by Gasteiger charge is 2.19. The SMILES string of the molecule is c1cc2c(C3CCNCC3)c[nH]c2cc1Nc1ccc2c3c([nH]c2n1)CCC3. The molecule has 4 aromatic rings. The van der Waals surface area contributed by atoms with Crippen LogP contribution in [-0.4, -0.2) is 28.0 Å². The van der Waals surface area contributed by atoms with E-state index in [1.54, 1.807) is 0 Å². The molecule has 0 spiro atoms. The average Bonchev–Trinajstić information content (AvgIpc) is 3.42. The Balaban J connectivity index is 1.29. The van der Waals surface area contributed by atoms with Gasteiger partial charge in [0.1, 0.15) is 11.5 Å². The molecule has 1 fully saturated rings. The van der Waals surface area contributed by atoms with Gasteiger partial charge in [0.15, 0.2) is 0 Å². The van der Waals surface area contributed by atoms with E-state index in [9.17, 15) is 0 Å². The number of aromatic amines is 2. The van der Waals surface area contributed by atoms with Crippen molar-refractivity contribution in [3.8, 4) is 0 Å². The van der Waals surface area contributed by atoms with Crippen molar-refractivity contribution < 1.29 is 0 Å². The summed E-state index contributed by atoms with van der Waals surface area (Å²) in [6, 6.07) is 10.9. The van der Waals surface area contributed by atoms with Crippen LogP contribution in [0.25, 0.3) is 21.9 Å². The molecule has 1 aliphatic heterocycles. The van der Waals surface area contributed by atoms with Crippen molar-refractivity contribution in [2.75, 3.05) is 18.4 Å². The van der Waals surface area contributed by atoms with Crippen molar-refractivity contribution in [2.45, 2.75) is 38.0 Å². The first-order valence-electron chi connectivity index (χ1n) is 10.4. The average molecular weight is 371 g/mol. The molecule has 1 aliphatic carbocycles. The minimum absolute atomic E-state index is 0.660. The van der Waals surface area contributed by atoms with E-state index in [1.165, 1.54) is 58.8 Å². The van der Waals surface area contributed by atoms with Gasteiger partial charge in [-0.15, -0.1) is 0 Å². The molecule has 4 N–H and O–H groups in total. The van der Waals surface area contributed by atoms with E-state index < -0.39 is 0 Å². The molecule has 0 unspecified atom stereocenters. The monoisotopic (exact) mass is 371 g/mol. The van der Waals surface area contributed by atoms with Gasteiger partial charge in [-0.2, -0.15) is 0 Å². The third kappa shape index (κ3) is 2.61. The number of anilines is 2. The minimum Gasteiger partial charge on any atom is -0.361 e. The maximum absolute atomic E-state index is 4.81. The van der Waals surface area contributed by atoms with E-state index in [0.29, 0.717) is 5.92 Å². The zero-order valence-corrected chi connectivity index (χ0v) is 15.9. The summed E-state index contributed by atoms with van der Waals surface area (Å²) < 4.78 is 0. The van der Waals surface area contributed by atoms with Gasteiger partial charge in [-0.05, 0) is 86.5 Å². The van der Waals surface area contributed by atoms with Gasteiger partial charge in [0.2, 0.25) is 0 Å². The quantitative estimate of drug-likeness (QED) is 0.420. The van der Waals surface area contributed by atoms with Crippen molar-refractivity contribution in [1.82, 2.24) is 20.3 Å². The van der Waals surface area contributed by atoms with Gasteiger partial charge in [0, 0.05) is 33.9 Å². The van der Waals surface area contributed by atoms with Crippen LogP contribution in [0.2, 0.25) is 0 Å². The number of aryl methyl sites for hydroxylation is 2. The van der Waals surface area contributed by atoms with Crippen LogP contribution in [0.4, 0.5) is 11.5 Å². The number of aromatic nitrogens is 3. The van der Waals surface area contributed by atoms with Crippen LogP contribution in [0.15, 0.2) is 36.5 Å². The number of fused-ring (bicyclic) bond motifs is 4. The first-order valence-corrected chi connectivity index (χ1v) is 10.4. The number of H-pyrrole nitrogens is 2. The number of benzene rings is 1. The van der Waals surface area contributed by atoms with Crippen molar-refractivity contribution in [3.63, 3.8) is 0 Å². The standard InChI is InChI=1S/C23H25N5/c1-2-16-18-6-7-22(28-23(18)27-20(16)3-1)26-15-4-5-17-19(13-25-21(17)12-15)14-8-10-24-11-9-14/h4-7,12-14,24-25H,1-3,8-11H2,(H2,26,27,28). The summed E-state index contributed by atoms with van der Waals surface area (Å²) in [5.41, 5.74) is 7.56. The van der Waals surface area contributed by atoms with Gasteiger partial charge in [0.25, 0.3) is 0 Å². The normalized spacial score (nSPS) is 17.4. The Morgan fingerprint density at radius 1 is 1.00 bits per heavy atom. The van der Waals surface area contributed by atoms with Gasteiger partial charge in [-0.25, -0.2) is 4.98 Å². The number of piperidine rings is 1. The van der Waals surface area contributed by atoms with E-state index in [1.807, 2.05) is 0 Å². The topological polar surface area (TPSA) is 68.5 Å². The molecule has 0 atom stereocenters. The van der Waals surface area contributed by atoms with E-state index >= 15 is 0 Å². The number of hydrogen-bond acceptors (Lipinski definition) is 3. The van der Waals surface area contributed by atoms with Crippen LogP contribution in [0.3, 0.4) is 0 Å². The minimum atomic E-state index is 0.660. The molecular formula is C23H25N5. The molecule has 1 aromatic carbocycles. The van der Waals surface area contributed by atoms with Crippen LogP contribution in [0.5, 0.6) is 0 Å². The Bertz CT molecular complexity index is 1160. The largest absolute Gasteiger partial charge is 0.361 e. The Morgan fingerprint density at radius 2 is 1.89 bits per heavy atom. The number of nitrogens with one attached hydrogen (secondary N) is 4. The van der Waals surface area contributed by atoms with E-state index in [0.717, 1.165) is 36.7 Å². The summed E-state index contributed by atoms with van der Waals surface area (Å²) in [4.78, 5) is 11.8. The van der Waals surface area contributed by atoms with Crippen LogP contribution in [-0.2, 0) is 12.8 Å². The molecule has 0 amide bonds. The summed E-state index contributed by atoms with van der Waals surface area (Å²) in [5.74, 6) is 1.55. The van der Waals surface area contributed by atoms with E-state index in [-0.39, 0.29) is 0 Å². The second-order valence-electron chi connectivity index (χ2n) is 8.18. The summed E-state index contributed by atoms with van der Waals surface area (Å²) in [7, 11) is 0. The molecule has 4 heterocycles. The van der Waals surface area contributed by atoms with Gasteiger partial charge in [-0.1, -0.05) is 6.07 Å². The summed E-state index contributed by atoms with van der Waals surface area (Å²) >= 11 is 0. The Morgan fingerprint density at radius 3 is 2.82 bits per heavy atom. The Labute approximate surface area is 163 Å². The fourth-order valence-corrected chi connectivity index (χ4v) is 5.03. The molecule has 6 rings (SSSR count). The van der Waals surface area contributed by atoms with Gasteiger partial charge >= 0.3 is 0 Å². The lowest BCUT2D eigenvalue weighted by Crippen LogP contribution is -2.26. The highest BCUT2D eigenvalue weighted by atomic mass is 15.0. The van der Waals surface area contributed by atoms with Gasteiger partial charge < -0.3 is 20.6 Å². The Kier molecular flexibility index (Phi) is 3.69. The molecular weight excluding hydrogens is 346 g/mol. The molecule has 5 heteroatoms. The molecule has 28 heavy (non-hydrogen) atoms. The summed E-state index contributed by atoms with van der Waals surface area (Å²) in [5, 5.41) is 9.57.